The summed E-state index contributed by atoms with van der Waals surface area (Å²) in [5, 5.41) is 48.4. The lowest BCUT2D eigenvalue weighted by atomic mass is 9.58. The lowest BCUT2D eigenvalue weighted by Crippen LogP contribution is -2.63. The van der Waals surface area contributed by atoms with E-state index in [1.54, 1.807) is 14.1 Å². The molecule has 0 bridgehead atoms. The lowest BCUT2D eigenvalue weighted by Gasteiger charge is -2.50. The van der Waals surface area contributed by atoms with Crippen molar-refractivity contribution in [2.45, 2.75) is 44.4 Å². The van der Waals surface area contributed by atoms with Crippen LogP contribution in [-0.2, 0) is 22.6 Å². The largest absolute Gasteiger partial charge is 0.510 e. The van der Waals surface area contributed by atoms with E-state index in [-0.39, 0.29) is 29.7 Å². The fourth-order valence-corrected chi connectivity index (χ4v) is 6.29. The zero-order chi connectivity index (χ0) is 28.3. The highest BCUT2D eigenvalue weighted by molar-refractivity contribution is 6.24. The van der Waals surface area contributed by atoms with Crippen molar-refractivity contribution in [3.05, 3.63) is 45.4 Å². The molecule has 3 aliphatic rings. The normalized spacial score (nSPS) is 26.9. The van der Waals surface area contributed by atoms with Crippen LogP contribution in [0.3, 0.4) is 0 Å². The van der Waals surface area contributed by atoms with Gasteiger partial charge >= 0.3 is 0 Å². The average Bonchev–Trinajstić information content (AvgIpc) is 2.82. The molecule has 1 aromatic rings. The molecule has 206 valence electrons. The van der Waals surface area contributed by atoms with E-state index in [2.05, 4.69) is 5.32 Å². The minimum absolute atomic E-state index is 0.0188. The number of aliphatic hydroxyl groups excluding tert-OH is 2. The van der Waals surface area contributed by atoms with Crippen molar-refractivity contribution in [1.29, 1.82) is 0 Å². The number of aromatic hydroxyl groups is 1. The van der Waals surface area contributed by atoms with E-state index >= 15 is 0 Å². The summed E-state index contributed by atoms with van der Waals surface area (Å²) in [4.78, 5) is 42.8. The number of nitrogens with two attached hydrogens (primary N) is 1. The van der Waals surface area contributed by atoms with Crippen molar-refractivity contribution in [2.75, 3.05) is 39.6 Å². The van der Waals surface area contributed by atoms with Crippen molar-refractivity contribution in [1.82, 2.24) is 10.2 Å². The number of aliphatic hydroxyl groups is 3. The summed E-state index contributed by atoms with van der Waals surface area (Å²) in [7, 11) is 6.87. The van der Waals surface area contributed by atoms with E-state index in [0.29, 0.717) is 24.2 Å². The number of primary amides is 1. The summed E-state index contributed by atoms with van der Waals surface area (Å²) in [6.45, 7) is 3.04. The van der Waals surface area contributed by atoms with Crippen molar-refractivity contribution in [2.24, 2.45) is 17.6 Å². The maximum absolute atomic E-state index is 14.0. The summed E-state index contributed by atoms with van der Waals surface area (Å²) in [6, 6.07) is 0.812. The van der Waals surface area contributed by atoms with Crippen molar-refractivity contribution in [3.63, 3.8) is 0 Å². The van der Waals surface area contributed by atoms with Crippen LogP contribution in [0.5, 0.6) is 5.75 Å². The van der Waals surface area contributed by atoms with Gasteiger partial charge in [0.15, 0.2) is 11.4 Å². The predicted molar refractivity (Wildman–Crippen MR) is 140 cm³/mol. The molecule has 1 aromatic carbocycles. The summed E-state index contributed by atoms with van der Waals surface area (Å²) in [5.41, 5.74) is 3.61. The third-order valence-electron chi connectivity index (χ3n) is 8.00. The predicted octanol–water partition coefficient (Wildman–Crippen LogP) is 0.686. The first kappa shape index (κ1) is 27.6. The molecule has 0 aliphatic heterocycles. The number of nitrogens with zero attached hydrogens (tertiary/aromatic N) is 2. The Bertz CT molecular complexity index is 1280. The number of phenolic OH excluding ortho intramolecular Hbond substituents is 1. The van der Waals surface area contributed by atoms with Gasteiger partial charge in [-0.25, -0.2) is 0 Å². The van der Waals surface area contributed by atoms with Gasteiger partial charge in [0.05, 0.1) is 11.6 Å². The van der Waals surface area contributed by atoms with E-state index in [0.717, 1.165) is 12.1 Å². The maximum atomic E-state index is 14.0. The van der Waals surface area contributed by atoms with Gasteiger partial charge in [-0.3, -0.25) is 19.3 Å². The Morgan fingerprint density at radius 3 is 2.39 bits per heavy atom. The molecule has 11 nitrogen and oxygen atoms in total. The molecule has 0 spiro atoms. The van der Waals surface area contributed by atoms with Crippen LogP contribution in [0.4, 0.5) is 5.69 Å². The monoisotopic (exact) mass is 528 g/mol. The molecule has 0 saturated heterocycles. The Hall–Kier alpha value is -3.41. The van der Waals surface area contributed by atoms with Gasteiger partial charge in [-0.1, -0.05) is 6.92 Å². The molecule has 0 heterocycles. The smallest absolute Gasteiger partial charge is 0.255 e. The van der Waals surface area contributed by atoms with Crippen LogP contribution in [-0.4, -0.2) is 89.2 Å². The Balaban J connectivity index is 1.93. The highest BCUT2D eigenvalue weighted by Crippen LogP contribution is 2.53. The van der Waals surface area contributed by atoms with Gasteiger partial charge < -0.3 is 36.4 Å². The second-order valence-electron chi connectivity index (χ2n) is 10.8. The first-order valence-electron chi connectivity index (χ1n) is 12.7. The molecule has 0 aromatic heterocycles. The Morgan fingerprint density at radius 2 is 1.84 bits per heavy atom. The van der Waals surface area contributed by atoms with Crippen LogP contribution in [0.15, 0.2) is 28.7 Å². The fraction of sp³-hybridized carbons (Fsp3) is 0.519. The number of hydrogen-bond acceptors (Lipinski definition) is 10. The molecule has 38 heavy (non-hydrogen) atoms. The van der Waals surface area contributed by atoms with Gasteiger partial charge in [0.1, 0.15) is 22.8 Å². The van der Waals surface area contributed by atoms with E-state index in [1.807, 2.05) is 32.0 Å². The number of phenols is 1. The SMILES string of the molecule is CCCNCc1cc(N(C)C)c2c(c1O)C(=O)C1=C(O)[C@]3(O)C(=O)C(C(N)=O)=C(O)[C@@H](N(C)C)[C@@H]3C[C@@H]1C2. The number of likely N-dealkylation sites (N-methyl/N-ethyl adjacent to an activating group) is 1. The van der Waals surface area contributed by atoms with Gasteiger partial charge in [-0.2, -0.15) is 0 Å². The van der Waals surface area contributed by atoms with Gasteiger partial charge in [-0.05, 0) is 57.5 Å². The molecule has 0 fully saturated rings. The first-order chi connectivity index (χ1) is 17.8. The Kier molecular flexibility index (Phi) is 7.06. The van der Waals surface area contributed by atoms with Crippen molar-refractivity contribution in [3.8, 4) is 5.75 Å². The molecule has 3 aliphatic carbocycles. The summed E-state index contributed by atoms with van der Waals surface area (Å²) >= 11 is 0. The first-order valence-corrected chi connectivity index (χ1v) is 12.7. The summed E-state index contributed by atoms with van der Waals surface area (Å²) in [5.74, 6) is -6.51. The minimum Gasteiger partial charge on any atom is -0.510 e. The highest BCUT2D eigenvalue weighted by Gasteiger charge is 2.63. The van der Waals surface area contributed by atoms with Gasteiger partial charge in [0.2, 0.25) is 5.78 Å². The molecule has 4 rings (SSSR count). The maximum Gasteiger partial charge on any atom is 0.255 e. The number of anilines is 1. The number of carbonyl (C=O) groups is 3. The van der Waals surface area contributed by atoms with Crippen LogP contribution in [0.25, 0.3) is 0 Å². The topological polar surface area (TPSA) is 177 Å². The third-order valence-corrected chi connectivity index (χ3v) is 8.00. The van der Waals surface area contributed by atoms with Gasteiger partial charge in [0.25, 0.3) is 5.91 Å². The number of benzene rings is 1. The number of carbonyl (C=O) groups excluding carboxylic acids is 3. The van der Waals surface area contributed by atoms with E-state index in [9.17, 15) is 34.8 Å². The zero-order valence-corrected chi connectivity index (χ0v) is 22.3. The van der Waals surface area contributed by atoms with Crippen LogP contribution in [0, 0.1) is 11.8 Å². The number of ketones is 2. The van der Waals surface area contributed by atoms with Crippen LogP contribution < -0.4 is 16.0 Å². The summed E-state index contributed by atoms with van der Waals surface area (Å²) in [6.07, 6.45) is 1.18. The van der Waals surface area contributed by atoms with Gasteiger partial charge in [0, 0.05) is 43.4 Å². The van der Waals surface area contributed by atoms with Crippen LogP contribution in [0.2, 0.25) is 0 Å². The van der Waals surface area contributed by atoms with Crippen LogP contribution >= 0.6 is 0 Å². The fourth-order valence-electron chi connectivity index (χ4n) is 6.29. The van der Waals surface area contributed by atoms with Crippen molar-refractivity contribution >= 4 is 23.2 Å². The second kappa shape index (κ2) is 9.72. The number of amides is 1. The standard InChI is InChI=1S/C27H36N4O7/c1-6-7-29-11-13-10-16(30(2)3)14-8-12-9-15-20(31(4)5)23(34)19(26(28)37)25(36)27(15,38)24(35)17(12)22(33)18(14)21(13)32/h10,12,15,20,29,32,34-35,38H,6-9,11H2,1-5H3,(H2,28,37)/t12-,15-,20-,27-/m0/s1. The Labute approximate surface area is 221 Å². The average molecular weight is 529 g/mol. The van der Waals surface area contributed by atoms with Gasteiger partial charge in [-0.15, -0.1) is 0 Å². The van der Waals surface area contributed by atoms with Crippen molar-refractivity contribution < 1.29 is 34.8 Å². The second-order valence-corrected chi connectivity index (χ2v) is 10.8. The quantitative estimate of drug-likeness (QED) is 0.218. The number of rotatable bonds is 7. The molecular formula is C27H36N4O7. The minimum atomic E-state index is -2.65. The van der Waals surface area contributed by atoms with E-state index < -0.39 is 58.0 Å². The number of Topliss-reactive ketones (excluding diaryl/α,β-unsaturated/α-hetero) is 2. The molecule has 0 saturated carbocycles. The third kappa shape index (κ3) is 3.88. The zero-order valence-electron chi connectivity index (χ0n) is 22.3. The lowest BCUT2D eigenvalue weighted by molar-refractivity contribution is -0.148. The molecular weight excluding hydrogens is 492 g/mol. The number of nitrogens with one attached hydrogen (secondary N) is 1. The Morgan fingerprint density at radius 1 is 1.18 bits per heavy atom. The van der Waals surface area contributed by atoms with E-state index in [4.69, 9.17) is 5.73 Å². The molecule has 0 radical (unpaired) electrons. The number of fused-ring (bicyclic) bond motifs is 3. The van der Waals surface area contributed by atoms with Crippen LogP contribution in [0.1, 0.15) is 41.3 Å². The highest BCUT2D eigenvalue weighted by atomic mass is 16.3. The number of hydrogen-bond donors (Lipinski definition) is 6. The molecule has 0 unspecified atom stereocenters. The molecule has 7 N–H and O–H groups in total. The molecule has 1 amide bonds. The number of allylic oxidation sites excluding steroid dienone is 1. The molecule has 4 atom stereocenters. The van der Waals surface area contributed by atoms with E-state index in [1.165, 1.54) is 4.90 Å². The molecule has 11 heteroatoms. The summed E-state index contributed by atoms with van der Waals surface area (Å²) < 4.78 is 0.